The van der Waals surface area contributed by atoms with Gasteiger partial charge in [0.05, 0.1) is 36.1 Å². The van der Waals surface area contributed by atoms with Gasteiger partial charge >= 0.3 is 0 Å². The number of nitrogens with zero attached hydrogens (tertiary/aromatic N) is 3. The fourth-order valence-electron chi connectivity index (χ4n) is 2.71. The molecule has 1 unspecified atom stereocenters. The number of ether oxygens (including phenoxy) is 2. The summed E-state index contributed by atoms with van der Waals surface area (Å²) in [6.07, 6.45) is -0.248. The van der Waals surface area contributed by atoms with Gasteiger partial charge in [-0.05, 0) is 43.3 Å². The average Bonchev–Trinajstić information content (AvgIpc) is 3.02. The highest BCUT2D eigenvalue weighted by Crippen LogP contribution is 2.30. The van der Waals surface area contributed by atoms with Gasteiger partial charge < -0.3 is 14.4 Å². The van der Waals surface area contributed by atoms with Gasteiger partial charge in [0, 0.05) is 5.69 Å². The van der Waals surface area contributed by atoms with Crippen LogP contribution in [0.5, 0.6) is 11.5 Å². The van der Waals surface area contributed by atoms with Gasteiger partial charge in [-0.2, -0.15) is 10.5 Å². The Balaban J connectivity index is 1.85. The summed E-state index contributed by atoms with van der Waals surface area (Å²) in [6, 6.07) is 21.3. The van der Waals surface area contributed by atoms with E-state index in [1.54, 1.807) is 0 Å². The molecular weight excluding hydrogens is 314 g/mol. The van der Waals surface area contributed by atoms with Crippen LogP contribution in [0.4, 0.5) is 5.69 Å². The first-order valence-corrected chi connectivity index (χ1v) is 7.95. The third-order valence-electron chi connectivity index (χ3n) is 3.99. The molecule has 0 N–H and O–H groups in total. The highest BCUT2D eigenvalue weighted by Gasteiger charge is 2.27. The van der Waals surface area contributed by atoms with Crippen molar-refractivity contribution in [1.29, 1.82) is 10.5 Å². The summed E-state index contributed by atoms with van der Waals surface area (Å²) in [4.78, 5) is 1.81. The minimum atomic E-state index is -0.248. The van der Waals surface area contributed by atoms with Gasteiger partial charge in [0.1, 0.15) is 18.0 Å². The van der Waals surface area contributed by atoms with E-state index < -0.39 is 0 Å². The van der Waals surface area contributed by atoms with Crippen LogP contribution in [-0.2, 0) is 4.74 Å². The van der Waals surface area contributed by atoms with E-state index in [4.69, 9.17) is 14.7 Å². The number of anilines is 1. The first kappa shape index (κ1) is 16.6. The van der Waals surface area contributed by atoms with Crippen molar-refractivity contribution in [2.24, 2.45) is 0 Å². The molecule has 0 fully saturated rings. The lowest BCUT2D eigenvalue weighted by Gasteiger charge is -2.23. The van der Waals surface area contributed by atoms with Crippen LogP contribution >= 0.6 is 0 Å². The SMILES string of the molecule is CC1OCC(N(CC#N)c2ccc(Oc3ccccc3)cc2)=C1C#N. The number of nitriles is 2. The van der Waals surface area contributed by atoms with Gasteiger partial charge in [-0.3, -0.25) is 0 Å². The predicted molar refractivity (Wildman–Crippen MR) is 94.0 cm³/mol. The van der Waals surface area contributed by atoms with E-state index in [-0.39, 0.29) is 12.6 Å². The van der Waals surface area contributed by atoms with Crippen LogP contribution in [0.1, 0.15) is 6.92 Å². The molecule has 3 rings (SSSR count). The standard InChI is InChI=1S/C20H17N3O2/c1-15-19(13-22)20(14-24-15)23(12-11-21)16-7-9-18(10-8-16)25-17-5-3-2-4-6-17/h2-10,15H,12,14H2,1H3. The Morgan fingerprint density at radius 1 is 1.08 bits per heavy atom. The Bertz CT molecular complexity index is 845. The number of hydrogen-bond donors (Lipinski definition) is 0. The van der Waals surface area contributed by atoms with Crippen molar-refractivity contribution in [2.45, 2.75) is 13.0 Å². The molecule has 0 saturated heterocycles. The summed E-state index contributed by atoms with van der Waals surface area (Å²) in [7, 11) is 0. The van der Waals surface area contributed by atoms with Gasteiger partial charge in [-0.25, -0.2) is 0 Å². The van der Waals surface area contributed by atoms with E-state index in [0.29, 0.717) is 17.9 Å². The van der Waals surface area contributed by atoms with Gasteiger partial charge in [-0.1, -0.05) is 18.2 Å². The highest BCUT2D eigenvalue weighted by atomic mass is 16.5. The van der Waals surface area contributed by atoms with E-state index in [9.17, 15) is 5.26 Å². The summed E-state index contributed by atoms with van der Waals surface area (Å²) < 4.78 is 11.3. The molecular formula is C20H17N3O2. The van der Waals surface area contributed by atoms with Crippen LogP contribution in [0, 0.1) is 22.7 Å². The molecule has 0 saturated carbocycles. The molecule has 1 aliphatic rings. The zero-order chi connectivity index (χ0) is 17.6. The monoisotopic (exact) mass is 331 g/mol. The third-order valence-corrected chi connectivity index (χ3v) is 3.99. The van der Waals surface area contributed by atoms with Crippen molar-refractivity contribution in [1.82, 2.24) is 0 Å². The van der Waals surface area contributed by atoms with Crippen LogP contribution in [-0.4, -0.2) is 19.3 Å². The molecule has 0 spiro atoms. The number of benzene rings is 2. The molecule has 2 aromatic carbocycles. The van der Waals surface area contributed by atoms with E-state index in [1.165, 1.54) is 0 Å². The summed E-state index contributed by atoms with van der Waals surface area (Å²) >= 11 is 0. The number of para-hydroxylation sites is 1. The molecule has 0 radical (unpaired) electrons. The van der Waals surface area contributed by atoms with Crippen molar-refractivity contribution in [3.05, 3.63) is 65.9 Å². The zero-order valence-electron chi connectivity index (χ0n) is 13.8. The van der Waals surface area contributed by atoms with E-state index in [1.807, 2.05) is 66.4 Å². The molecule has 5 heteroatoms. The lowest BCUT2D eigenvalue weighted by atomic mass is 10.1. The fraction of sp³-hybridized carbons (Fsp3) is 0.200. The van der Waals surface area contributed by atoms with Crippen molar-refractivity contribution < 1.29 is 9.47 Å². The lowest BCUT2D eigenvalue weighted by molar-refractivity contribution is 0.135. The van der Waals surface area contributed by atoms with Crippen molar-refractivity contribution in [2.75, 3.05) is 18.1 Å². The Morgan fingerprint density at radius 2 is 1.76 bits per heavy atom. The fourth-order valence-corrected chi connectivity index (χ4v) is 2.71. The minimum absolute atomic E-state index is 0.148. The quantitative estimate of drug-likeness (QED) is 0.774. The smallest absolute Gasteiger partial charge is 0.127 e. The van der Waals surface area contributed by atoms with Crippen LogP contribution in [0.2, 0.25) is 0 Å². The summed E-state index contributed by atoms with van der Waals surface area (Å²) in [5.41, 5.74) is 2.13. The van der Waals surface area contributed by atoms with Crippen LogP contribution in [0.3, 0.4) is 0 Å². The maximum Gasteiger partial charge on any atom is 0.127 e. The molecule has 5 nitrogen and oxygen atoms in total. The molecule has 124 valence electrons. The van der Waals surface area contributed by atoms with Crippen LogP contribution in [0.15, 0.2) is 65.9 Å². The Labute approximate surface area is 146 Å². The summed E-state index contributed by atoms with van der Waals surface area (Å²) in [5.74, 6) is 1.47. The maximum atomic E-state index is 9.36. The van der Waals surface area contributed by atoms with Crippen LogP contribution < -0.4 is 9.64 Å². The largest absolute Gasteiger partial charge is 0.457 e. The summed E-state index contributed by atoms with van der Waals surface area (Å²) in [5, 5.41) is 18.5. The van der Waals surface area contributed by atoms with Crippen LogP contribution in [0.25, 0.3) is 0 Å². The normalized spacial score (nSPS) is 16.2. The molecule has 0 aliphatic carbocycles. The van der Waals surface area contributed by atoms with Gasteiger partial charge in [0.15, 0.2) is 0 Å². The molecule has 0 amide bonds. The second-order valence-corrected chi connectivity index (χ2v) is 5.58. The predicted octanol–water partition coefficient (Wildman–Crippen LogP) is 4.01. The third kappa shape index (κ3) is 3.63. The molecule has 0 aromatic heterocycles. The molecule has 25 heavy (non-hydrogen) atoms. The molecule has 1 heterocycles. The summed E-state index contributed by atoms with van der Waals surface area (Å²) in [6.45, 7) is 2.32. The molecule has 0 bridgehead atoms. The van der Waals surface area contributed by atoms with E-state index in [0.717, 1.165) is 17.1 Å². The van der Waals surface area contributed by atoms with Gasteiger partial charge in [0.25, 0.3) is 0 Å². The lowest BCUT2D eigenvalue weighted by Crippen LogP contribution is -2.24. The van der Waals surface area contributed by atoms with Crippen molar-refractivity contribution >= 4 is 5.69 Å². The van der Waals surface area contributed by atoms with Crippen molar-refractivity contribution in [3.63, 3.8) is 0 Å². The number of hydrogen-bond acceptors (Lipinski definition) is 5. The second kappa shape index (κ2) is 7.53. The van der Waals surface area contributed by atoms with Crippen molar-refractivity contribution in [3.8, 4) is 23.6 Å². The Morgan fingerprint density at radius 3 is 2.40 bits per heavy atom. The minimum Gasteiger partial charge on any atom is -0.457 e. The molecule has 2 aromatic rings. The van der Waals surface area contributed by atoms with E-state index >= 15 is 0 Å². The molecule has 1 atom stereocenters. The first-order valence-electron chi connectivity index (χ1n) is 7.95. The van der Waals surface area contributed by atoms with Gasteiger partial charge in [-0.15, -0.1) is 0 Å². The van der Waals surface area contributed by atoms with Gasteiger partial charge in [0.2, 0.25) is 0 Å². The first-order chi connectivity index (χ1) is 12.2. The highest BCUT2D eigenvalue weighted by molar-refractivity contribution is 5.58. The maximum absolute atomic E-state index is 9.36. The Hall–Kier alpha value is -3.28. The number of rotatable bonds is 5. The molecule has 1 aliphatic heterocycles. The Kier molecular flexibility index (Phi) is 4.99. The van der Waals surface area contributed by atoms with E-state index in [2.05, 4.69) is 12.1 Å². The second-order valence-electron chi connectivity index (χ2n) is 5.58. The average molecular weight is 331 g/mol. The zero-order valence-corrected chi connectivity index (χ0v) is 13.8. The topological polar surface area (TPSA) is 69.3 Å².